The van der Waals surface area contributed by atoms with Crippen LogP contribution < -0.4 is 19.5 Å². The van der Waals surface area contributed by atoms with Gasteiger partial charge in [-0.1, -0.05) is 23.4 Å². The van der Waals surface area contributed by atoms with Gasteiger partial charge in [-0.2, -0.15) is 4.98 Å². The van der Waals surface area contributed by atoms with Crippen LogP contribution in [-0.4, -0.2) is 46.4 Å². The summed E-state index contributed by atoms with van der Waals surface area (Å²) in [6.07, 6.45) is 0.295. The zero-order valence-corrected chi connectivity index (χ0v) is 17.5. The molecule has 10 heteroatoms. The van der Waals surface area contributed by atoms with Crippen molar-refractivity contribution in [1.82, 2.24) is 20.4 Å². The maximum atomic E-state index is 13.1. The first-order valence-corrected chi connectivity index (χ1v) is 9.95. The van der Waals surface area contributed by atoms with Crippen LogP contribution in [0.15, 0.2) is 47.0 Å². The molecule has 1 fully saturated rings. The average Bonchev–Trinajstić information content (AvgIpc) is 3.50. The molecule has 0 aliphatic carbocycles. The van der Waals surface area contributed by atoms with Gasteiger partial charge in [-0.3, -0.25) is 9.69 Å². The Bertz CT molecular complexity index is 1210. The van der Waals surface area contributed by atoms with Gasteiger partial charge >= 0.3 is 6.03 Å². The number of urea groups is 1. The minimum Gasteiger partial charge on any atom is -0.497 e. The largest absolute Gasteiger partial charge is 0.497 e. The van der Waals surface area contributed by atoms with Crippen LogP contribution in [0.3, 0.4) is 0 Å². The van der Waals surface area contributed by atoms with E-state index in [0.29, 0.717) is 35.1 Å². The van der Waals surface area contributed by atoms with E-state index in [2.05, 4.69) is 15.5 Å². The van der Waals surface area contributed by atoms with Gasteiger partial charge in [-0.15, -0.1) is 0 Å². The van der Waals surface area contributed by atoms with Gasteiger partial charge in [0.1, 0.15) is 17.8 Å². The molecule has 0 radical (unpaired) electrons. The van der Waals surface area contributed by atoms with Gasteiger partial charge in [-0.25, -0.2) is 4.79 Å². The molecular weight excluding hydrogens is 416 g/mol. The summed E-state index contributed by atoms with van der Waals surface area (Å²) in [5.41, 5.74) is 0.426. The molecule has 1 atom stereocenters. The maximum absolute atomic E-state index is 13.1. The van der Waals surface area contributed by atoms with E-state index in [1.54, 1.807) is 32.2 Å². The summed E-state index contributed by atoms with van der Waals surface area (Å²) in [7, 11) is 1.57. The Morgan fingerprint density at radius 2 is 2.00 bits per heavy atom. The molecule has 2 aliphatic heterocycles. The number of carbonyl (C=O) groups is 2. The normalized spacial score (nSPS) is 19.4. The fourth-order valence-electron chi connectivity index (χ4n) is 3.80. The number of carbonyl (C=O) groups excluding carboxylic acids is 2. The van der Waals surface area contributed by atoms with E-state index < -0.39 is 11.6 Å². The summed E-state index contributed by atoms with van der Waals surface area (Å²) in [5.74, 6) is 2.05. The van der Waals surface area contributed by atoms with Crippen molar-refractivity contribution in [2.24, 2.45) is 0 Å². The second-order valence-corrected chi connectivity index (χ2v) is 7.76. The SMILES string of the molecule is COc1cccc(-c2noc(CN3C(=O)NC(C)(Cc4ccc5c(c4)OCO5)C3=O)n2)c1. The molecule has 3 heterocycles. The minimum atomic E-state index is -1.11. The van der Waals surface area contributed by atoms with E-state index in [1.165, 1.54) is 0 Å². The predicted molar refractivity (Wildman–Crippen MR) is 110 cm³/mol. The molecule has 164 valence electrons. The number of nitrogens with one attached hydrogen (secondary N) is 1. The highest BCUT2D eigenvalue weighted by atomic mass is 16.7. The molecule has 3 aromatic rings. The standard InChI is InChI=1S/C22H20N4O6/c1-22(10-13-6-7-16-17(8-13)31-12-30-16)20(27)26(21(28)24-22)11-18-23-19(25-32-18)14-4-3-5-15(9-14)29-2/h3-9H,10-12H2,1-2H3,(H,24,28). The van der Waals surface area contributed by atoms with Gasteiger partial charge in [0.25, 0.3) is 5.91 Å². The zero-order valence-electron chi connectivity index (χ0n) is 17.5. The van der Waals surface area contributed by atoms with Crippen molar-refractivity contribution in [1.29, 1.82) is 0 Å². The summed E-state index contributed by atoms with van der Waals surface area (Å²) >= 11 is 0. The predicted octanol–water partition coefficient (Wildman–Crippen LogP) is 2.53. The van der Waals surface area contributed by atoms with E-state index in [0.717, 1.165) is 10.5 Å². The molecule has 32 heavy (non-hydrogen) atoms. The first-order chi connectivity index (χ1) is 15.4. The Labute approximate surface area is 183 Å². The fraction of sp³-hybridized carbons (Fsp3) is 0.273. The molecule has 10 nitrogen and oxygen atoms in total. The fourth-order valence-corrected chi connectivity index (χ4v) is 3.80. The maximum Gasteiger partial charge on any atom is 0.325 e. The monoisotopic (exact) mass is 436 g/mol. The van der Waals surface area contributed by atoms with E-state index in [9.17, 15) is 9.59 Å². The van der Waals surface area contributed by atoms with Crippen LogP contribution in [0.4, 0.5) is 4.79 Å². The molecule has 0 spiro atoms. The Morgan fingerprint density at radius 3 is 2.84 bits per heavy atom. The highest BCUT2D eigenvalue weighted by Crippen LogP contribution is 2.34. The van der Waals surface area contributed by atoms with E-state index in [1.807, 2.05) is 24.3 Å². The number of hydrogen-bond donors (Lipinski definition) is 1. The quantitative estimate of drug-likeness (QED) is 0.586. The summed E-state index contributed by atoms with van der Waals surface area (Å²) in [5, 5.41) is 6.73. The van der Waals surface area contributed by atoms with Crippen LogP contribution >= 0.6 is 0 Å². The number of benzene rings is 2. The Kier molecular flexibility index (Phi) is 4.69. The van der Waals surface area contributed by atoms with Crippen LogP contribution in [0.2, 0.25) is 0 Å². The zero-order chi connectivity index (χ0) is 22.3. The van der Waals surface area contributed by atoms with Gasteiger partial charge < -0.3 is 24.1 Å². The van der Waals surface area contributed by atoms with Crippen LogP contribution in [0.1, 0.15) is 18.4 Å². The lowest BCUT2D eigenvalue weighted by Gasteiger charge is -2.21. The Balaban J connectivity index is 1.31. The number of imide groups is 1. The topological polar surface area (TPSA) is 116 Å². The van der Waals surface area contributed by atoms with Gasteiger partial charge in [0.2, 0.25) is 18.5 Å². The van der Waals surface area contributed by atoms with Crippen molar-refractivity contribution in [3.63, 3.8) is 0 Å². The van der Waals surface area contributed by atoms with E-state index in [-0.39, 0.29) is 25.1 Å². The first-order valence-electron chi connectivity index (χ1n) is 9.95. The van der Waals surface area contributed by atoms with Crippen LogP contribution in [0, 0.1) is 0 Å². The number of fused-ring (bicyclic) bond motifs is 1. The van der Waals surface area contributed by atoms with Crippen molar-refractivity contribution in [2.75, 3.05) is 13.9 Å². The highest BCUT2D eigenvalue weighted by Gasteiger charge is 2.48. The highest BCUT2D eigenvalue weighted by molar-refractivity contribution is 6.06. The van der Waals surface area contributed by atoms with Crippen molar-refractivity contribution in [3.8, 4) is 28.6 Å². The van der Waals surface area contributed by atoms with Gasteiger partial charge in [-0.05, 0) is 36.8 Å². The first kappa shape index (κ1) is 19.9. The number of hydrogen-bond acceptors (Lipinski definition) is 8. The number of rotatable bonds is 6. The molecular formula is C22H20N4O6. The average molecular weight is 436 g/mol. The summed E-state index contributed by atoms with van der Waals surface area (Å²) in [4.78, 5) is 31.1. The second kappa shape index (κ2) is 7.56. The van der Waals surface area contributed by atoms with Crippen LogP contribution in [0.5, 0.6) is 17.2 Å². The molecule has 1 aromatic heterocycles. The van der Waals surface area contributed by atoms with Crippen LogP contribution in [0.25, 0.3) is 11.4 Å². The molecule has 5 rings (SSSR count). The van der Waals surface area contributed by atoms with Crippen molar-refractivity contribution in [3.05, 3.63) is 53.9 Å². The lowest BCUT2D eigenvalue weighted by Crippen LogP contribution is -2.45. The molecule has 0 bridgehead atoms. The number of amides is 3. The van der Waals surface area contributed by atoms with E-state index >= 15 is 0 Å². The van der Waals surface area contributed by atoms with Gasteiger partial charge in [0.15, 0.2) is 11.5 Å². The number of ether oxygens (including phenoxy) is 3. The van der Waals surface area contributed by atoms with Gasteiger partial charge in [0, 0.05) is 12.0 Å². The summed E-state index contributed by atoms with van der Waals surface area (Å²) in [6.45, 7) is 1.73. The lowest BCUT2D eigenvalue weighted by molar-refractivity contribution is -0.131. The number of nitrogens with zero attached hydrogens (tertiary/aromatic N) is 3. The smallest absolute Gasteiger partial charge is 0.325 e. The van der Waals surface area contributed by atoms with Crippen molar-refractivity contribution < 1.29 is 28.3 Å². The second-order valence-electron chi connectivity index (χ2n) is 7.76. The minimum absolute atomic E-state index is 0.127. The summed E-state index contributed by atoms with van der Waals surface area (Å²) in [6, 6.07) is 12.1. The van der Waals surface area contributed by atoms with Crippen molar-refractivity contribution >= 4 is 11.9 Å². The summed E-state index contributed by atoms with van der Waals surface area (Å²) < 4.78 is 21.2. The molecule has 2 aromatic carbocycles. The molecule has 2 aliphatic rings. The van der Waals surface area contributed by atoms with Gasteiger partial charge in [0.05, 0.1) is 7.11 Å². The van der Waals surface area contributed by atoms with Crippen molar-refractivity contribution in [2.45, 2.75) is 25.4 Å². The lowest BCUT2D eigenvalue weighted by atomic mass is 9.92. The molecule has 3 amide bonds. The Morgan fingerprint density at radius 1 is 1.16 bits per heavy atom. The Hall–Kier alpha value is -4.08. The molecule has 0 saturated carbocycles. The third kappa shape index (κ3) is 3.49. The molecule has 1 unspecified atom stereocenters. The number of methoxy groups -OCH3 is 1. The number of aromatic nitrogens is 2. The molecule has 1 N–H and O–H groups in total. The molecule has 1 saturated heterocycles. The van der Waals surface area contributed by atoms with E-state index in [4.69, 9.17) is 18.7 Å². The third-order valence-electron chi connectivity index (χ3n) is 5.43. The van der Waals surface area contributed by atoms with Crippen LogP contribution in [-0.2, 0) is 17.8 Å². The third-order valence-corrected chi connectivity index (χ3v) is 5.43.